The van der Waals surface area contributed by atoms with E-state index in [-0.39, 0.29) is 23.6 Å². The maximum absolute atomic E-state index is 12.3. The van der Waals surface area contributed by atoms with E-state index in [1.54, 1.807) is 18.2 Å². The third-order valence-corrected chi connectivity index (χ3v) is 3.85. The molecule has 2 atom stereocenters. The number of carbonyl (C=O) groups excluding carboxylic acids is 1. The summed E-state index contributed by atoms with van der Waals surface area (Å²) in [5, 5.41) is 4.97. The number of alkyl halides is 3. The van der Waals surface area contributed by atoms with E-state index < -0.39 is 12.7 Å². The van der Waals surface area contributed by atoms with Gasteiger partial charge in [-0.05, 0) is 30.9 Å². The maximum Gasteiger partial charge on any atom is 0.405 e. The Morgan fingerprint density at radius 1 is 1.23 bits per heavy atom. The standard InChI is InChI=1S/C15H20F3N3O/c16-15(17,18)9-20-12-6-1-2-7-13(12)21-14(22)8-10-4-3-5-11(10)19/h1-2,6-7,10-11,20H,3-5,8-9,19H2,(H,21,22)/t10-,11+/m0/s1. The first-order valence-corrected chi connectivity index (χ1v) is 7.30. The Morgan fingerprint density at radius 2 is 1.91 bits per heavy atom. The van der Waals surface area contributed by atoms with Crippen LogP contribution in [0.25, 0.3) is 0 Å². The van der Waals surface area contributed by atoms with E-state index >= 15 is 0 Å². The van der Waals surface area contributed by atoms with Gasteiger partial charge in [-0.15, -0.1) is 0 Å². The predicted molar refractivity (Wildman–Crippen MR) is 79.5 cm³/mol. The molecule has 1 aliphatic rings. The number of halogens is 3. The van der Waals surface area contributed by atoms with E-state index in [0.29, 0.717) is 12.1 Å². The Labute approximate surface area is 127 Å². The lowest BCUT2D eigenvalue weighted by atomic mass is 10.00. The molecule has 1 amide bonds. The molecule has 7 heteroatoms. The first kappa shape index (κ1) is 16.6. The molecule has 22 heavy (non-hydrogen) atoms. The first-order valence-electron chi connectivity index (χ1n) is 7.30. The fraction of sp³-hybridized carbons (Fsp3) is 0.533. The molecule has 1 aliphatic carbocycles. The zero-order valence-corrected chi connectivity index (χ0v) is 12.1. The zero-order valence-electron chi connectivity index (χ0n) is 12.1. The van der Waals surface area contributed by atoms with Crippen molar-refractivity contribution in [2.24, 2.45) is 11.7 Å². The molecule has 4 nitrogen and oxygen atoms in total. The smallest absolute Gasteiger partial charge is 0.375 e. The highest BCUT2D eigenvalue weighted by molar-refractivity contribution is 5.94. The minimum atomic E-state index is -4.31. The second-order valence-electron chi connectivity index (χ2n) is 5.62. The van der Waals surface area contributed by atoms with Crippen molar-refractivity contribution in [3.8, 4) is 0 Å². The van der Waals surface area contributed by atoms with Gasteiger partial charge >= 0.3 is 6.18 Å². The van der Waals surface area contributed by atoms with E-state index in [9.17, 15) is 18.0 Å². The molecule has 1 aromatic carbocycles. The highest BCUT2D eigenvalue weighted by atomic mass is 19.4. The summed E-state index contributed by atoms with van der Waals surface area (Å²) in [4.78, 5) is 12.1. The van der Waals surface area contributed by atoms with Crippen LogP contribution in [0.5, 0.6) is 0 Å². The number of para-hydroxylation sites is 2. The van der Waals surface area contributed by atoms with Crippen LogP contribution in [-0.2, 0) is 4.79 Å². The number of carbonyl (C=O) groups is 1. The summed E-state index contributed by atoms with van der Waals surface area (Å²) in [5.74, 6) is -0.0705. The van der Waals surface area contributed by atoms with Crippen molar-refractivity contribution in [3.05, 3.63) is 24.3 Å². The summed E-state index contributed by atoms with van der Waals surface area (Å²) in [6.45, 7) is -1.15. The summed E-state index contributed by atoms with van der Waals surface area (Å²) in [7, 11) is 0. The second-order valence-corrected chi connectivity index (χ2v) is 5.62. The molecule has 2 rings (SSSR count). The third-order valence-electron chi connectivity index (χ3n) is 3.85. The third kappa shape index (κ3) is 4.91. The molecule has 0 bridgehead atoms. The van der Waals surface area contributed by atoms with E-state index in [0.717, 1.165) is 19.3 Å². The zero-order chi connectivity index (χ0) is 16.2. The van der Waals surface area contributed by atoms with Crippen LogP contribution in [0.3, 0.4) is 0 Å². The van der Waals surface area contributed by atoms with Gasteiger partial charge in [-0.1, -0.05) is 18.6 Å². The lowest BCUT2D eigenvalue weighted by molar-refractivity contribution is -0.117. The highest BCUT2D eigenvalue weighted by Gasteiger charge is 2.28. The molecule has 0 radical (unpaired) electrons. The van der Waals surface area contributed by atoms with Gasteiger partial charge in [0.2, 0.25) is 5.91 Å². The number of nitrogens with one attached hydrogen (secondary N) is 2. The van der Waals surface area contributed by atoms with Crippen molar-refractivity contribution in [2.75, 3.05) is 17.2 Å². The van der Waals surface area contributed by atoms with E-state index in [1.807, 2.05) is 0 Å². The van der Waals surface area contributed by atoms with Crippen LogP contribution < -0.4 is 16.4 Å². The minimum absolute atomic E-state index is 0.0318. The lowest BCUT2D eigenvalue weighted by Crippen LogP contribution is -2.28. The van der Waals surface area contributed by atoms with Crippen LogP contribution in [0.2, 0.25) is 0 Å². The Hall–Kier alpha value is -1.76. The van der Waals surface area contributed by atoms with Crippen molar-refractivity contribution in [2.45, 2.75) is 37.9 Å². The van der Waals surface area contributed by atoms with Gasteiger partial charge in [0.05, 0.1) is 11.4 Å². The molecule has 0 saturated heterocycles. The normalized spacial score (nSPS) is 21.6. The van der Waals surface area contributed by atoms with Gasteiger partial charge < -0.3 is 16.4 Å². The van der Waals surface area contributed by atoms with Crippen LogP contribution in [0.1, 0.15) is 25.7 Å². The lowest BCUT2D eigenvalue weighted by Gasteiger charge is -2.17. The van der Waals surface area contributed by atoms with E-state index in [1.165, 1.54) is 6.07 Å². The van der Waals surface area contributed by atoms with Crippen molar-refractivity contribution in [3.63, 3.8) is 0 Å². The summed E-state index contributed by atoms with van der Waals surface area (Å²) >= 11 is 0. The van der Waals surface area contributed by atoms with Gasteiger partial charge in [-0.2, -0.15) is 13.2 Å². The molecule has 0 aliphatic heterocycles. The summed E-state index contributed by atoms with van der Waals surface area (Å²) in [6.07, 6.45) is -1.16. The number of amides is 1. The van der Waals surface area contributed by atoms with Crippen molar-refractivity contribution < 1.29 is 18.0 Å². The van der Waals surface area contributed by atoms with Crippen LogP contribution in [0.15, 0.2) is 24.3 Å². The highest BCUT2D eigenvalue weighted by Crippen LogP contribution is 2.28. The van der Waals surface area contributed by atoms with Gasteiger partial charge in [0.1, 0.15) is 6.54 Å². The SMILES string of the molecule is N[C@@H]1CCC[C@H]1CC(=O)Nc1ccccc1NCC(F)(F)F. The molecule has 1 saturated carbocycles. The van der Waals surface area contributed by atoms with Gasteiger partial charge in [-0.25, -0.2) is 0 Å². The monoisotopic (exact) mass is 315 g/mol. The fourth-order valence-corrected chi connectivity index (χ4v) is 2.70. The molecular formula is C15H20F3N3O. The number of rotatable bonds is 5. The second kappa shape index (κ2) is 7.00. The Morgan fingerprint density at radius 3 is 2.50 bits per heavy atom. The van der Waals surface area contributed by atoms with Crippen LogP contribution >= 0.6 is 0 Å². The Balaban J connectivity index is 1.95. The topological polar surface area (TPSA) is 67.2 Å². The molecule has 0 aromatic heterocycles. The quantitative estimate of drug-likeness (QED) is 0.782. The number of anilines is 2. The average Bonchev–Trinajstić information content (AvgIpc) is 2.82. The van der Waals surface area contributed by atoms with Gasteiger partial charge in [-0.3, -0.25) is 4.79 Å². The maximum atomic E-state index is 12.3. The molecular weight excluding hydrogens is 295 g/mol. The molecule has 122 valence electrons. The van der Waals surface area contributed by atoms with Crippen molar-refractivity contribution in [1.82, 2.24) is 0 Å². The summed E-state index contributed by atoms with van der Waals surface area (Å²) < 4.78 is 36.9. The van der Waals surface area contributed by atoms with Crippen LogP contribution in [-0.4, -0.2) is 24.7 Å². The molecule has 1 aromatic rings. The number of benzene rings is 1. The fourth-order valence-electron chi connectivity index (χ4n) is 2.70. The molecule has 0 unspecified atom stereocenters. The Bertz CT molecular complexity index is 519. The van der Waals surface area contributed by atoms with Gasteiger partial charge in [0.15, 0.2) is 0 Å². The minimum Gasteiger partial charge on any atom is -0.375 e. The first-order chi connectivity index (χ1) is 10.3. The van der Waals surface area contributed by atoms with Crippen molar-refractivity contribution in [1.29, 1.82) is 0 Å². The van der Waals surface area contributed by atoms with Crippen molar-refractivity contribution >= 4 is 17.3 Å². The number of nitrogens with two attached hydrogens (primary N) is 1. The van der Waals surface area contributed by atoms with Gasteiger partial charge in [0.25, 0.3) is 0 Å². The molecule has 4 N–H and O–H groups in total. The summed E-state index contributed by atoms with van der Waals surface area (Å²) in [6, 6.07) is 6.38. The predicted octanol–water partition coefficient (Wildman–Crippen LogP) is 3.12. The molecule has 1 fully saturated rings. The number of hydrogen-bond donors (Lipinski definition) is 3. The largest absolute Gasteiger partial charge is 0.405 e. The van der Waals surface area contributed by atoms with Crippen LogP contribution in [0.4, 0.5) is 24.5 Å². The Kier molecular flexibility index (Phi) is 5.28. The molecule has 0 spiro atoms. The van der Waals surface area contributed by atoms with Crippen LogP contribution in [0, 0.1) is 5.92 Å². The summed E-state index contributed by atoms with van der Waals surface area (Å²) in [5.41, 5.74) is 6.53. The van der Waals surface area contributed by atoms with E-state index in [2.05, 4.69) is 10.6 Å². The number of hydrogen-bond acceptors (Lipinski definition) is 3. The van der Waals surface area contributed by atoms with Gasteiger partial charge in [0, 0.05) is 12.5 Å². The van der Waals surface area contributed by atoms with E-state index in [4.69, 9.17) is 5.73 Å². The molecule has 0 heterocycles. The average molecular weight is 315 g/mol.